The van der Waals surface area contributed by atoms with E-state index in [-0.39, 0.29) is 0 Å². The van der Waals surface area contributed by atoms with Gasteiger partial charge in [-0.15, -0.1) is 0 Å². The van der Waals surface area contributed by atoms with Crippen LogP contribution in [0.5, 0.6) is 0 Å². The molecule has 92 valence electrons. The lowest BCUT2D eigenvalue weighted by atomic mass is 10.1. The molecule has 2 aliphatic rings. The van der Waals surface area contributed by atoms with Gasteiger partial charge in [-0.05, 0) is 61.8 Å². The highest BCUT2D eigenvalue weighted by molar-refractivity contribution is 5.52. The molecule has 1 saturated carbocycles. The van der Waals surface area contributed by atoms with Crippen LogP contribution >= 0.6 is 0 Å². The van der Waals surface area contributed by atoms with Gasteiger partial charge < -0.3 is 10.6 Å². The van der Waals surface area contributed by atoms with Crippen LogP contribution in [0.2, 0.25) is 0 Å². The molecule has 3 rings (SSSR count). The van der Waals surface area contributed by atoms with Crippen LogP contribution in [-0.4, -0.2) is 19.1 Å². The second-order valence-electron chi connectivity index (χ2n) is 5.58. The summed E-state index contributed by atoms with van der Waals surface area (Å²) in [6.45, 7) is 0. The first kappa shape index (κ1) is 11.1. The lowest BCUT2D eigenvalue weighted by Gasteiger charge is -2.30. The normalized spacial score (nSPS) is 27.2. The average Bonchev–Trinajstić information content (AvgIpc) is 2.95. The summed E-state index contributed by atoms with van der Waals surface area (Å²) in [5.74, 6) is 0. The Bertz CT molecular complexity index is 413. The number of anilines is 1. The quantitative estimate of drug-likeness (QED) is 0.846. The number of nitrogens with two attached hydrogens (primary N) is 1. The van der Waals surface area contributed by atoms with E-state index in [9.17, 15) is 0 Å². The van der Waals surface area contributed by atoms with E-state index in [1.165, 1.54) is 44.2 Å². The van der Waals surface area contributed by atoms with E-state index in [1.54, 1.807) is 11.1 Å². The van der Waals surface area contributed by atoms with Crippen LogP contribution in [0, 0.1) is 0 Å². The standard InChI is InChI=1S/C15H22N2/c1-17(15-7-3-6-14(15)16)13-9-8-11-4-2-5-12(11)10-13/h8-10,14-15H,2-7,16H2,1H3. The molecule has 1 aromatic rings. The van der Waals surface area contributed by atoms with Gasteiger partial charge in [-0.2, -0.15) is 0 Å². The van der Waals surface area contributed by atoms with Gasteiger partial charge in [0, 0.05) is 24.8 Å². The van der Waals surface area contributed by atoms with Crippen molar-refractivity contribution >= 4 is 5.69 Å². The van der Waals surface area contributed by atoms with Crippen LogP contribution < -0.4 is 10.6 Å². The topological polar surface area (TPSA) is 29.3 Å². The van der Waals surface area contributed by atoms with Crippen molar-refractivity contribution in [1.29, 1.82) is 0 Å². The summed E-state index contributed by atoms with van der Waals surface area (Å²) in [4.78, 5) is 2.40. The summed E-state index contributed by atoms with van der Waals surface area (Å²) in [5.41, 5.74) is 10.7. The SMILES string of the molecule is CN(c1ccc2c(c1)CCC2)C1CCCC1N. The maximum atomic E-state index is 6.19. The second kappa shape index (κ2) is 4.34. The molecule has 0 radical (unpaired) electrons. The molecule has 2 atom stereocenters. The Labute approximate surface area is 104 Å². The lowest BCUT2D eigenvalue weighted by Crippen LogP contribution is -2.42. The van der Waals surface area contributed by atoms with Gasteiger partial charge in [-0.3, -0.25) is 0 Å². The minimum absolute atomic E-state index is 0.355. The molecule has 0 aromatic heterocycles. The van der Waals surface area contributed by atoms with E-state index in [0.717, 1.165) is 0 Å². The summed E-state index contributed by atoms with van der Waals surface area (Å²) < 4.78 is 0. The minimum Gasteiger partial charge on any atom is -0.370 e. The van der Waals surface area contributed by atoms with E-state index in [0.29, 0.717) is 12.1 Å². The van der Waals surface area contributed by atoms with E-state index in [4.69, 9.17) is 5.73 Å². The Hall–Kier alpha value is -1.02. The summed E-state index contributed by atoms with van der Waals surface area (Å²) in [6.07, 6.45) is 7.55. The number of aryl methyl sites for hydroxylation is 2. The van der Waals surface area contributed by atoms with Crippen molar-refractivity contribution in [3.8, 4) is 0 Å². The largest absolute Gasteiger partial charge is 0.370 e. The Morgan fingerprint density at radius 1 is 1.12 bits per heavy atom. The summed E-state index contributed by atoms with van der Waals surface area (Å²) in [5, 5.41) is 0. The zero-order valence-electron chi connectivity index (χ0n) is 10.7. The Morgan fingerprint density at radius 3 is 2.71 bits per heavy atom. The molecule has 1 aromatic carbocycles. The van der Waals surface area contributed by atoms with Gasteiger partial charge >= 0.3 is 0 Å². The molecule has 1 fully saturated rings. The number of rotatable bonds is 2. The van der Waals surface area contributed by atoms with Crippen molar-refractivity contribution in [3.05, 3.63) is 29.3 Å². The lowest BCUT2D eigenvalue weighted by molar-refractivity contribution is 0.572. The number of fused-ring (bicyclic) bond motifs is 1. The highest BCUT2D eigenvalue weighted by Gasteiger charge is 2.28. The zero-order valence-corrected chi connectivity index (χ0v) is 10.7. The third-order valence-electron chi connectivity index (χ3n) is 4.52. The van der Waals surface area contributed by atoms with Gasteiger partial charge in [0.05, 0.1) is 0 Å². The van der Waals surface area contributed by atoms with Crippen LogP contribution in [0.15, 0.2) is 18.2 Å². The smallest absolute Gasteiger partial charge is 0.0437 e. The van der Waals surface area contributed by atoms with E-state index >= 15 is 0 Å². The Balaban J connectivity index is 1.83. The summed E-state index contributed by atoms with van der Waals surface area (Å²) in [6, 6.07) is 7.86. The maximum absolute atomic E-state index is 6.19. The first-order chi connectivity index (χ1) is 8.25. The van der Waals surface area contributed by atoms with E-state index in [2.05, 4.69) is 30.1 Å². The molecule has 0 amide bonds. The fourth-order valence-electron chi connectivity index (χ4n) is 3.42. The highest BCUT2D eigenvalue weighted by atomic mass is 15.2. The first-order valence-electron chi connectivity index (χ1n) is 6.86. The Kier molecular flexibility index (Phi) is 2.83. The van der Waals surface area contributed by atoms with Crippen LogP contribution in [0.4, 0.5) is 5.69 Å². The zero-order chi connectivity index (χ0) is 11.8. The summed E-state index contributed by atoms with van der Waals surface area (Å²) >= 11 is 0. The van der Waals surface area contributed by atoms with Crippen LogP contribution in [0.3, 0.4) is 0 Å². The fraction of sp³-hybridized carbons (Fsp3) is 0.600. The number of likely N-dealkylation sites (N-methyl/N-ethyl adjacent to an activating group) is 1. The van der Waals surface area contributed by atoms with Gasteiger partial charge in [0.15, 0.2) is 0 Å². The molecule has 0 heterocycles. The second-order valence-corrected chi connectivity index (χ2v) is 5.58. The Morgan fingerprint density at radius 2 is 1.94 bits per heavy atom. The molecule has 2 unspecified atom stereocenters. The maximum Gasteiger partial charge on any atom is 0.0437 e. The van der Waals surface area contributed by atoms with Gasteiger partial charge in [0.2, 0.25) is 0 Å². The molecule has 0 aliphatic heterocycles. The molecule has 0 spiro atoms. The molecule has 2 nitrogen and oxygen atoms in total. The van der Waals surface area contributed by atoms with Gasteiger partial charge in [-0.1, -0.05) is 6.07 Å². The molecule has 2 N–H and O–H groups in total. The minimum atomic E-state index is 0.355. The van der Waals surface area contributed by atoms with Crippen molar-refractivity contribution in [2.45, 2.75) is 50.6 Å². The van der Waals surface area contributed by atoms with Crippen LogP contribution in [0.1, 0.15) is 36.8 Å². The molecular formula is C15H22N2. The molecule has 2 heteroatoms. The van der Waals surface area contributed by atoms with Gasteiger partial charge in [0.1, 0.15) is 0 Å². The highest BCUT2D eigenvalue weighted by Crippen LogP contribution is 2.30. The predicted octanol–water partition coefficient (Wildman–Crippen LogP) is 2.49. The average molecular weight is 230 g/mol. The van der Waals surface area contributed by atoms with Crippen molar-refractivity contribution in [1.82, 2.24) is 0 Å². The molecule has 0 saturated heterocycles. The van der Waals surface area contributed by atoms with E-state index in [1.807, 2.05) is 0 Å². The molecular weight excluding hydrogens is 208 g/mol. The van der Waals surface area contributed by atoms with Gasteiger partial charge in [0.25, 0.3) is 0 Å². The van der Waals surface area contributed by atoms with Crippen molar-refractivity contribution in [2.75, 3.05) is 11.9 Å². The molecule has 0 bridgehead atoms. The summed E-state index contributed by atoms with van der Waals surface area (Å²) in [7, 11) is 2.20. The predicted molar refractivity (Wildman–Crippen MR) is 72.5 cm³/mol. The van der Waals surface area contributed by atoms with Crippen LogP contribution in [0.25, 0.3) is 0 Å². The van der Waals surface area contributed by atoms with Crippen molar-refractivity contribution < 1.29 is 0 Å². The van der Waals surface area contributed by atoms with Crippen molar-refractivity contribution in [3.63, 3.8) is 0 Å². The molecule has 2 aliphatic carbocycles. The van der Waals surface area contributed by atoms with Crippen molar-refractivity contribution in [2.24, 2.45) is 5.73 Å². The van der Waals surface area contributed by atoms with E-state index < -0.39 is 0 Å². The first-order valence-corrected chi connectivity index (χ1v) is 6.86. The number of nitrogens with zero attached hydrogens (tertiary/aromatic N) is 1. The molecule has 17 heavy (non-hydrogen) atoms. The number of hydrogen-bond donors (Lipinski definition) is 1. The monoisotopic (exact) mass is 230 g/mol. The third-order valence-corrected chi connectivity index (χ3v) is 4.52. The van der Waals surface area contributed by atoms with Crippen LogP contribution in [-0.2, 0) is 12.8 Å². The third kappa shape index (κ3) is 1.95. The number of benzene rings is 1. The number of hydrogen-bond acceptors (Lipinski definition) is 2. The fourth-order valence-corrected chi connectivity index (χ4v) is 3.42. The van der Waals surface area contributed by atoms with Gasteiger partial charge in [-0.25, -0.2) is 0 Å².